The van der Waals surface area contributed by atoms with E-state index < -0.39 is 9.71 Å². The lowest BCUT2D eigenvalue weighted by atomic mass is 9.84. The van der Waals surface area contributed by atoms with Crippen LogP contribution in [-0.4, -0.2) is 49.7 Å². The van der Waals surface area contributed by atoms with Gasteiger partial charge in [0, 0.05) is 56.4 Å². The van der Waals surface area contributed by atoms with Crippen molar-refractivity contribution in [1.82, 2.24) is 14.3 Å². The average Bonchev–Trinajstić information content (AvgIpc) is 2.86. The Morgan fingerprint density at radius 3 is 1.97 bits per heavy atom. The molecule has 5 rings (SSSR count). The third-order valence-corrected chi connectivity index (χ3v) is 8.90. The molecular weight excluding hydrogens is 547 g/mol. The third-order valence-electron chi connectivity index (χ3n) is 6.77. The van der Waals surface area contributed by atoms with Crippen molar-refractivity contribution < 1.29 is 4.21 Å². The fourth-order valence-electron chi connectivity index (χ4n) is 4.87. The summed E-state index contributed by atoms with van der Waals surface area (Å²) in [5.74, 6) is 4.48. The van der Waals surface area contributed by atoms with Crippen LogP contribution in [0.2, 0.25) is 15.3 Å². The molecule has 9 heteroatoms. The average molecular weight is 574 g/mol. The van der Waals surface area contributed by atoms with Crippen molar-refractivity contribution in [3.8, 4) is 0 Å². The summed E-state index contributed by atoms with van der Waals surface area (Å²) in [4.78, 5) is 9.03. The number of anilines is 1. The minimum atomic E-state index is -2.19. The predicted molar refractivity (Wildman–Crippen MR) is 158 cm³/mol. The van der Waals surface area contributed by atoms with Gasteiger partial charge in [0.05, 0.1) is 5.52 Å². The SMILES string of the molecule is C=S(C)(=O)N1CCC(Nc2nc(Cl)nc3ccc(C(c4ccc(Cl)cc4)c4ccc(Cl)cc4)cc23)CC1. The summed E-state index contributed by atoms with van der Waals surface area (Å²) in [6.07, 6.45) is 3.36. The zero-order valence-electron chi connectivity index (χ0n) is 20.3. The van der Waals surface area contributed by atoms with E-state index >= 15 is 0 Å². The maximum absolute atomic E-state index is 12.3. The third kappa shape index (κ3) is 6.05. The molecule has 0 spiro atoms. The highest BCUT2D eigenvalue weighted by Gasteiger charge is 2.24. The van der Waals surface area contributed by atoms with E-state index in [1.54, 1.807) is 6.26 Å². The molecule has 1 aliphatic rings. The monoisotopic (exact) mass is 572 g/mol. The second kappa shape index (κ2) is 10.8. The van der Waals surface area contributed by atoms with Crippen molar-refractivity contribution in [3.05, 3.63) is 98.7 Å². The second-order valence-corrected chi connectivity index (χ2v) is 13.1. The van der Waals surface area contributed by atoms with Gasteiger partial charge in [-0.15, -0.1) is 0 Å². The van der Waals surface area contributed by atoms with E-state index in [4.69, 9.17) is 34.8 Å². The van der Waals surface area contributed by atoms with Gasteiger partial charge in [0.25, 0.3) is 0 Å². The number of nitrogens with one attached hydrogen (secondary N) is 1. The number of nitrogens with zero attached hydrogens (tertiary/aromatic N) is 3. The standard InChI is InChI=1S/C28H27Cl3N4OS/c1-37(2,36)35-15-13-23(14-16-35)32-27-24-17-20(7-12-25(24)33-28(31)34-27)26(18-3-8-21(29)9-4-18)19-5-10-22(30)11-6-19/h3-12,17,23,26H,1,13-16H2,2H3,(H,32,33,34). The fourth-order valence-corrected chi connectivity index (χ4v) is 6.29. The zero-order chi connectivity index (χ0) is 26.2. The molecule has 1 saturated heterocycles. The Labute approximate surface area is 232 Å². The van der Waals surface area contributed by atoms with Gasteiger partial charge in [0.15, 0.2) is 0 Å². The van der Waals surface area contributed by atoms with Gasteiger partial charge < -0.3 is 5.32 Å². The number of piperidine rings is 1. The molecule has 0 bridgehead atoms. The van der Waals surface area contributed by atoms with E-state index in [-0.39, 0.29) is 17.2 Å². The lowest BCUT2D eigenvalue weighted by Gasteiger charge is -2.33. The molecule has 1 aromatic heterocycles. The molecular formula is C28H27Cl3N4OS. The van der Waals surface area contributed by atoms with Crippen molar-refractivity contribution in [2.24, 2.45) is 0 Å². The molecule has 1 fully saturated rings. The molecule has 1 unspecified atom stereocenters. The molecule has 0 aliphatic carbocycles. The zero-order valence-corrected chi connectivity index (χ0v) is 23.4. The van der Waals surface area contributed by atoms with E-state index in [0.29, 0.717) is 29.0 Å². The molecule has 0 saturated carbocycles. The van der Waals surface area contributed by atoms with Crippen molar-refractivity contribution in [3.63, 3.8) is 0 Å². The van der Waals surface area contributed by atoms with Crippen molar-refractivity contribution in [1.29, 1.82) is 0 Å². The van der Waals surface area contributed by atoms with Crippen LogP contribution in [-0.2, 0) is 9.71 Å². The van der Waals surface area contributed by atoms with Crippen LogP contribution < -0.4 is 5.32 Å². The summed E-state index contributed by atoms with van der Waals surface area (Å²) in [7, 11) is -2.19. The van der Waals surface area contributed by atoms with Gasteiger partial charge in [-0.25, -0.2) is 14.3 Å². The van der Waals surface area contributed by atoms with E-state index in [2.05, 4.69) is 33.3 Å². The minimum absolute atomic E-state index is 0.0412. The predicted octanol–water partition coefficient (Wildman–Crippen LogP) is 6.91. The van der Waals surface area contributed by atoms with Crippen molar-refractivity contribution in [2.45, 2.75) is 24.8 Å². The number of rotatable bonds is 6. The first-order valence-electron chi connectivity index (χ1n) is 12.0. The highest BCUT2D eigenvalue weighted by atomic mass is 35.5. The van der Waals surface area contributed by atoms with Crippen LogP contribution in [0, 0.1) is 0 Å². The smallest absolute Gasteiger partial charge is 0.224 e. The first-order valence-corrected chi connectivity index (χ1v) is 15.2. The summed E-state index contributed by atoms with van der Waals surface area (Å²) in [5, 5.41) is 6.06. The highest BCUT2D eigenvalue weighted by molar-refractivity contribution is 7.97. The Kier molecular flexibility index (Phi) is 7.66. The molecule has 3 aromatic carbocycles. The quantitative estimate of drug-likeness (QED) is 0.155. The largest absolute Gasteiger partial charge is 0.367 e. The molecule has 1 atom stereocenters. The van der Waals surface area contributed by atoms with E-state index in [1.807, 2.05) is 58.9 Å². The molecule has 1 N–H and O–H groups in total. The van der Waals surface area contributed by atoms with E-state index in [9.17, 15) is 4.21 Å². The van der Waals surface area contributed by atoms with Gasteiger partial charge in [-0.3, -0.25) is 4.21 Å². The number of benzene rings is 3. The summed E-state index contributed by atoms with van der Waals surface area (Å²) < 4.78 is 14.3. The molecule has 5 nitrogen and oxygen atoms in total. The van der Waals surface area contributed by atoms with Gasteiger partial charge in [-0.1, -0.05) is 53.5 Å². The number of halogens is 3. The Morgan fingerprint density at radius 1 is 0.892 bits per heavy atom. The lowest BCUT2D eigenvalue weighted by molar-refractivity contribution is 0.346. The number of hydrogen-bond donors (Lipinski definition) is 1. The fraction of sp³-hybridized carbons (Fsp3) is 0.250. The topological polar surface area (TPSA) is 58.1 Å². The molecule has 192 valence electrons. The molecule has 2 heterocycles. The first-order chi connectivity index (χ1) is 17.7. The molecule has 0 radical (unpaired) electrons. The first kappa shape index (κ1) is 26.3. The lowest BCUT2D eigenvalue weighted by Crippen LogP contribution is -2.41. The van der Waals surface area contributed by atoms with Gasteiger partial charge in [-0.2, -0.15) is 0 Å². The van der Waals surface area contributed by atoms with Crippen LogP contribution in [0.1, 0.15) is 35.4 Å². The highest BCUT2D eigenvalue weighted by Crippen LogP contribution is 2.36. The molecule has 37 heavy (non-hydrogen) atoms. The Hall–Kier alpha value is -2.35. The van der Waals surface area contributed by atoms with E-state index in [1.165, 1.54) is 0 Å². The van der Waals surface area contributed by atoms with Gasteiger partial charge in [0.2, 0.25) is 5.28 Å². The number of hydrogen-bond acceptors (Lipinski definition) is 4. The summed E-state index contributed by atoms with van der Waals surface area (Å²) in [6, 6.07) is 22.2. The molecule has 0 amide bonds. The van der Waals surface area contributed by atoms with Crippen LogP contribution in [0.4, 0.5) is 5.82 Å². The normalized spacial score (nSPS) is 16.7. The summed E-state index contributed by atoms with van der Waals surface area (Å²) in [5.41, 5.74) is 4.08. The Morgan fingerprint density at radius 2 is 1.43 bits per heavy atom. The Balaban J connectivity index is 1.53. The number of fused-ring (bicyclic) bond motifs is 1. The van der Waals surface area contributed by atoms with Crippen LogP contribution in [0.25, 0.3) is 10.9 Å². The maximum Gasteiger partial charge on any atom is 0.224 e. The summed E-state index contributed by atoms with van der Waals surface area (Å²) in [6.45, 7) is 1.43. The van der Waals surface area contributed by atoms with Gasteiger partial charge >= 0.3 is 0 Å². The van der Waals surface area contributed by atoms with Crippen LogP contribution >= 0.6 is 34.8 Å². The van der Waals surface area contributed by atoms with Crippen LogP contribution in [0.3, 0.4) is 0 Å². The van der Waals surface area contributed by atoms with E-state index in [0.717, 1.165) is 40.4 Å². The maximum atomic E-state index is 12.3. The Bertz CT molecular complexity index is 1470. The van der Waals surface area contributed by atoms with Gasteiger partial charge in [-0.05, 0) is 83.4 Å². The van der Waals surface area contributed by atoms with Crippen molar-refractivity contribution >= 4 is 67.1 Å². The molecule has 4 aromatic rings. The minimum Gasteiger partial charge on any atom is -0.367 e. The van der Waals surface area contributed by atoms with Crippen molar-refractivity contribution in [2.75, 3.05) is 24.7 Å². The second-order valence-electron chi connectivity index (χ2n) is 9.46. The molecule has 1 aliphatic heterocycles. The van der Waals surface area contributed by atoms with Crippen LogP contribution in [0.15, 0.2) is 66.7 Å². The number of aromatic nitrogens is 2. The van der Waals surface area contributed by atoms with Gasteiger partial charge in [0.1, 0.15) is 5.82 Å². The summed E-state index contributed by atoms with van der Waals surface area (Å²) >= 11 is 18.7. The van der Waals surface area contributed by atoms with Crippen LogP contribution in [0.5, 0.6) is 0 Å².